The molecule has 27 heavy (non-hydrogen) atoms. The Morgan fingerprint density at radius 1 is 1.19 bits per heavy atom. The second kappa shape index (κ2) is 7.27. The van der Waals surface area contributed by atoms with Crippen LogP contribution in [0.15, 0.2) is 58.1 Å². The van der Waals surface area contributed by atoms with Crippen LogP contribution in [0.4, 0.5) is 0 Å². The van der Waals surface area contributed by atoms with Gasteiger partial charge in [-0.15, -0.1) is 0 Å². The highest BCUT2D eigenvalue weighted by Gasteiger charge is 2.20. The number of aromatic nitrogens is 1. The molecule has 1 N–H and O–H groups in total. The summed E-state index contributed by atoms with van der Waals surface area (Å²) in [5.74, 6) is 0.461. The van der Waals surface area contributed by atoms with E-state index in [2.05, 4.69) is 11.4 Å². The molecule has 0 saturated heterocycles. The minimum Gasteiger partial charge on any atom is -0.469 e. The van der Waals surface area contributed by atoms with Crippen LogP contribution < -0.4 is 10.9 Å². The minimum atomic E-state index is -0.342. The van der Waals surface area contributed by atoms with Gasteiger partial charge in [-0.1, -0.05) is 12.1 Å². The highest BCUT2D eigenvalue weighted by Crippen LogP contribution is 2.27. The first kappa shape index (κ1) is 17.3. The van der Waals surface area contributed by atoms with E-state index < -0.39 is 0 Å². The third kappa shape index (κ3) is 3.33. The van der Waals surface area contributed by atoms with Gasteiger partial charge in [-0.3, -0.25) is 14.2 Å². The van der Waals surface area contributed by atoms with E-state index in [4.69, 9.17) is 4.42 Å². The summed E-state index contributed by atoms with van der Waals surface area (Å²) in [6.07, 6.45) is 7.08. The van der Waals surface area contributed by atoms with Crippen molar-refractivity contribution in [1.82, 2.24) is 9.88 Å². The van der Waals surface area contributed by atoms with Crippen LogP contribution in [0.2, 0.25) is 0 Å². The maximum Gasteiger partial charge on any atom is 0.268 e. The van der Waals surface area contributed by atoms with Gasteiger partial charge < -0.3 is 9.73 Å². The molecule has 5 heteroatoms. The van der Waals surface area contributed by atoms with Gasteiger partial charge >= 0.3 is 0 Å². The fourth-order valence-corrected chi connectivity index (χ4v) is 3.76. The van der Waals surface area contributed by atoms with E-state index in [-0.39, 0.29) is 17.0 Å². The van der Waals surface area contributed by atoms with Crippen LogP contribution in [0.3, 0.4) is 0 Å². The lowest BCUT2D eigenvalue weighted by atomic mass is 10.1. The molecule has 0 bridgehead atoms. The SMILES string of the molecule is Cc1ccn(-c2cccc3c2CCC3)c(=O)c1C(=O)NCCc1ccco1. The van der Waals surface area contributed by atoms with E-state index >= 15 is 0 Å². The summed E-state index contributed by atoms with van der Waals surface area (Å²) in [6, 6.07) is 11.6. The quantitative estimate of drug-likeness (QED) is 0.758. The number of carbonyl (C=O) groups is 1. The van der Waals surface area contributed by atoms with Crippen molar-refractivity contribution in [3.8, 4) is 5.69 Å². The van der Waals surface area contributed by atoms with Crippen molar-refractivity contribution in [2.75, 3.05) is 6.54 Å². The first-order valence-electron chi connectivity index (χ1n) is 9.29. The highest BCUT2D eigenvalue weighted by molar-refractivity contribution is 5.95. The van der Waals surface area contributed by atoms with Crippen molar-refractivity contribution in [3.63, 3.8) is 0 Å². The topological polar surface area (TPSA) is 64.2 Å². The zero-order valence-corrected chi connectivity index (χ0v) is 15.3. The molecule has 0 unspecified atom stereocenters. The molecule has 0 aliphatic heterocycles. The van der Waals surface area contributed by atoms with E-state index in [1.807, 2.05) is 30.3 Å². The van der Waals surface area contributed by atoms with Crippen LogP contribution in [0, 0.1) is 6.92 Å². The van der Waals surface area contributed by atoms with Crippen molar-refractivity contribution in [1.29, 1.82) is 0 Å². The number of amides is 1. The lowest BCUT2D eigenvalue weighted by molar-refractivity contribution is 0.0951. The van der Waals surface area contributed by atoms with Crippen molar-refractivity contribution in [3.05, 3.63) is 87.2 Å². The van der Waals surface area contributed by atoms with Crippen LogP contribution in [0.25, 0.3) is 5.69 Å². The Labute approximate surface area is 157 Å². The van der Waals surface area contributed by atoms with E-state index in [1.54, 1.807) is 24.0 Å². The number of hydrogen-bond donors (Lipinski definition) is 1. The molecule has 3 aromatic rings. The minimum absolute atomic E-state index is 0.201. The Balaban J connectivity index is 1.62. The van der Waals surface area contributed by atoms with Crippen LogP contribution in [0.5, 0.6) is 0 Å². The summed E-state index contributed by atoms with van der Waals surface area (Å²) in [4.78, 5) is 25.8. The predicted molar refractivity (Wildman–Crippen MR) is 104 cm³/mol. The largest absolute Gasteiger partial charge is 0.469 e. The monoisotopic (exact) mass is 362 g/mol. The van der Waals surface area contributed by atoms with Crippen LogP contribution in [0.1, 0.15) is 39.2 Å². The van der Waals surface area contributed by atoms with Gasteiger partial charge in [0.25, 0.3) is 11.5 Å². The number of rotatable bonds is 5. The second-order valence-corrected chi connectivity index (χ2v) is 6.90. The van der Waals surface area contributed by atoms with Crippen LogP contribution >= 0.6 is 0 Å². The van der Waals surface area contributed by atoms with Crippen molar-refractivity contribution < 1.29 is 9.21 Å². The second-order valence-electron chi connectivity index (χ2n) is 6.90. The van der Waals surface area contributed by atoms with Gasteiger partial charge in [-0.25, -0.2) is 0 Å². The summed E-state index contributed by atoms with van der Waals surface area (Å²) in [5, 5.41) is 2.84. The number of aryl methyl sites for hydroxylation is 2. The van der Waals surface area contributed by atoms with Gasteiger partial charge in [0.05, 0.1) is 12.0 Å². The number of nitrogens with one attached hydrogen (secondary N) is 1. The molecule has 0 spiro atoms. The molecule has 138 valence electrons. The lowest BCUT2D eigenvalue weighted by Gasteiger charge is -2.14. The molecule has 2 aromatic heterocycles. The summed E-state index contributed by atoms with van der Waals surface area (Å²) < 4.78 is 6.88. The fourth-order valence-electron chi connectivity index (χ4n) is 3.76. The van der Waals surface area contributed by atoms with Crippen LogP contribution in [-0.4, -0.2) is 17.0 Å². The molecular formula is C22H22N2O3. The number of pyridine rings is 1. The van der Waals surface area contributed by atoms with Gasteiger partial charge in [0.2, 0.25) is 0 Å². The molecule has 1 aliphatic carbocycles. The molecule has 1 aliphatic rings. The predicted octanol–water partition coefficient (Wildman–Crippen LogP) is 3.20. The van der Waals surface area contributed by atoms with Gasteiger partial charge in [0, 0.05) is 19.2 Å². The fraction of sp³-hybridized carbons (Fsp3) is 0.273. The first-order valence-corrected chi connectivity index (χ1v) is 9.29. The van der Waals surface area contributed by atoms with Crippen molar-refractivity contribution in [2.45, 2.75) is 32.6 Å². The molecule has 4 rings (SSSR count). The smallest absolute Gasteiger partial charge is 0.268 e. The normalized spacial score (nSPS) is 12.8. The Morgan fingerprint density at radius 2 is 2.07 bits per heavy atom. The van der Waals surface area contributed by atoms with E-state index in [1.165, 1.54) is 11.1 Å². The van der Waals surface area contributed by atoms with E-state index in [0.717, 1.165) is 30.7 Å². The van der Waals surface area contributed by atoms with Gasteiger partial charge in [0.15, 0.2) is 0 Å². The number of carbonyl (C=O) groups excluding carboxylic acids is 1. The summed E-state index contributed by atoms with van der Waals surface area (Å²) in [7, 11) is 0. The summed E-state index contributed by atoms with van der Waals surface area (Å²) >= 11 is 0. The van der Waals surface area contributed by atoms with E-state index in [0.29, 0.717) is 18.5 Å². The highest BCUT2D eigenvalue weighted by atomic mass is 16.3. The third-order valence-corrected chi connectivity index (χ3v) is 5.15. The Kier molecular flexibility index (Phi) is 4.67. The van der Waals surface area contributed by atoms with E-state index in [9.17, 15) is 9.59 Å². The number of nitrogens with zero attached hydrogens (tertiary/aromatic N) is 1. The molecule has 5 nitrogen and oxygen atoms in total. The Morgan fingerprint density at radius 3 is 2.89 bits per heavy atom. The maximum atomic E-state index is 13.1. The zero-order valence-electron chi connectivity index (χ0n) is 15.3. The first-order chi connectivity index (χ1) is 13.1. The maximum absolute atomic E-state index is 13.1. The average Bonchev–Trinajstić information content (AvgIpc) is 3.33. The number of furan rings is 1. The molecule has 1 amide bonds. The summed E-state index contributed by atoms with van der Waals surface area (Å²) in [5.41, 5.74) is 4.01. The lowest BCUT2D eigenvalue weighted by Crippen LogP contribution is -2.34. The van der Waals surface area contributed by atoms with Gasteiger partial charge in [0.1, 0.15) is 11.3 Å². The number of hydrogen-bond acceptors (Lipinski definition) is 3. The van der Waals surface area contributed by atoms with Crippen molar-refractivity contribution >= 4 is 5.91 Å². The standard InChI is InChI=1S/C22H22N2O3/c1-15-11-13-24(19-9-3-6-16-5-2-8-18(16)19)22(26)20(15)21(25)23-12-10-17-7-4-14-27-17/h3-4,6-7,9,11,13-14H,2,5,8,10,12H2,1H3,(H,23,25). The molecule has 0 radical (unpaired) electrons. The van der Waals surface area contributed by atoms with Crippen molar-refractivity contribution in [2.24, 2.45) is 0 Å². The number of benzene rings is 1. The molecule has 1 aromatic carbocycles. The molecule has 0 saturated carbocycles. The number of fused-ring (bicyclic) bond motifs is 1. The molecule has 0 atom stereocenters. The zero-order chi connectivity index (χ0) is 18.8. The third-order valence-electron chi connectivity index (χ3n) is 5.15. The Bertz CT molecular complexity index is 1030. The average molecular weight is 362 g/mol. The van der Waals surface area contributed by atoms with Gasteiger partial charge in [-0.2, -0.15) is 0 Å². The summed E-state index contributed by atoms with van der Waals surface area (Å²) in [6.45, 7) is 2.21. The molecule has 2 heterocycles. The molecule has 0 fully saturated rings. The van der Waals surface area contributed by atoms with Crippen LogP contribution in [-0.2, 0) is 19.3 Å². The van der Waals surface area contributed by atoms with Gasteiger partial charge in [-0.05, 0) is 67.1 Å². The molecular weight excluding hydrogens is 340 g/mol. The Hall–Kier alpha value is -3.08.